The second kappa shape index (κ2) is 6.22. The summed E-state index contributed by atoms with van der Waals surface area (Å²) < 4.78 is 0. The van der Waals surface area contributed by atoms with Gasteiger partial charge in [0.25, 0.3) is 0 Å². The average molecular weight is 218 g/mol. The number of hydrogen-bond acceptors (Lipinski definition) is 0. The molecule has 0 aromatic rings. The molecule has 0 radical (unpaired) electrons. The molecule has 0 rings (SSSR count). The van der Waals surface area contributed by atoms with Crippen LogP contribution >= 0.6 is 6.27 Å². The van der Waals surface area contributed by atoms with Crippen molar-refractivity contribution in [1.82, 2.24) is 0 Å². The molecule has 0 heterocycles. The first kappa shape index (κ1) is 7.22. The molecule has 0 aliphatic rings. The van der Waals surface area contributed by atoms with Crippen LogP contribution in [-0.2, 0) is 0 Å². The van der Waals surface area contributed by atoms with Crippen LogP contribution in [0.1, 0.15) is 19.8 Å². The molecule has 0 aromatic carbocycles. The summed E-state index contributed by atoms with van der Waals surface area (Å²) in [7, 11) is 0. The summed E-state index contributed by atoms with van der Waals surface area (Å²) in [6, 6.07) is 0. The summed E-state index contributed by atoms with van der Waals surface area (Å²) in [5.74, 6) is 0. The van der Waals surface area contributed by atoms with Crippen molar-refractivity contribution in [3.8, 4) is 0 Å². The SMILES string of the molecule is CCCCP[TeH]. The van der Waals surface area contributed by atoms with Gasteiger partial charge in [0, 0.05) is 0 Å². The molecular formula is C4H11PTe. The van der Waals surface area contributed by atoms with E-state index in [-0.39, 0.29) is 0 Å². The molecule has 6 heavy (non-hydrogen) atoms. The van der Waals surface area contributed by atoms with E-state index < -0.39 is 0 Å². The van der Waals surface area contributed by atoms with Gasteiger partial charge >= 0.3 is 53.9 Å². The average Bonchev–Trinajstić information content (AvgIpc) is 1.61. The topological polar surface area (TPSA) is 0 Å². The first-order valence-corrected chi connectivity index (χ1v) is 7.27. The molecule has 0 saturated carbocycles. The fourth-order valence-electron chi connectivity index (χ4n) is 0.256. The predicted molar refractivity (Wildman–Crippen MR) is 35.2 cm³/mol. The predicted octanol–water partition coefficient (Wildman–Crippen LogP) is 1.28. The summed E-state index contributed by atoms with van der Waals surface area (Å²) in [5, 5.41) is 0. The maximum atomic E-state index is 2.24. The van der Waals surface area contributed by atoms with Gasteiger partial charge in [0.05, 0.1) is 0 Å². The molecule has 0 amide bonds. The van der Waals surface area contributed by atoms with E-state index in [1.807, 2.05) is 21.7 Å². The van der Waals surface area contributed by atoms with E-state index in [4.69, 9.17) is 0 Å². The van der Waals surface area contributed by atoms with Crippen LogP contribution in [0.3, 0.4) is 0 Å². The third-order valence-electron chi connectivity index (χ3n) is 0.642. The van der Waals surface area contributed by atoms with E-state index in [2.05, 4.69) is 6.92 Å². The zero-order valence-corrected chi connectivity index (χ0v) is 7.62. The van der Waals surface area contributed by atoms with Crippen molar-refractivity contribution >= 4 is 28.0 Å². The normalized spacial score (nSPS) is 11.0. The quantitative estimate of drug-likeness (QED) is 0.380. The summed E-state index contributed by atoms with van der Waals surface area (Å²) in [4.78, 5) is 0. The van der Waals surface area contributed by atoms with Crippen molar-refractivity contribution in [3.05, 3.63) is 0 Å². The van der Waals surface area contributed by atoms with Crippen molar-refractivity contribution in [3.63, 3.8) is 0 Å². The minimum absolute atomic E-state index is 1.21. The van der Waals surface area contributed by atoms with Crippen LogP contribution in [0.5, 0.6) is 0 Å². The van der Waals surface area contributed by atoms with E-state index >= 15 is 0 Å². The van der Waals surface area contributed by atoms with Crippen LogP contribution in [0.25, 0.3) is 0 Å². The Labute approximate surface area is 54.1 Å². The van der Waals surface area contributed by atoms with E-state index in [0.29, 0.717) is 0 Å². The Bertz CT molecular complexity index is 19.5. The van der Waals surface area contributed by atoms with Crippen molar-refractivity contribution in [2.24, 2.45) is 0 Å². The van der Waals surface area contributed by atoms with Crippen molar-refractivity contribution in [2.75, 3.05) is 6.16 Å². The minimum atomic E-state index is 1.21. The van der Waals surface area contributed by atoms with Gasteiger partial charge in [-0.05, 0) is 0 Å². The van der Waals surface area contributed by atoms with Crippen molar-refractivity contribution in [2.45, 2.75) is 19.8 Å². The van der Waals surface area contributed by atoms with Gasteiger partial charge in [-0.2, -0.15) is 0 Å². The second-order valence-electron chi connectivity index (χ2n) is 1.26. The van der Waals surface area contributed by atoms with Gasteiger partial charge in [0.2, 0.25) is 0 Å². The third kappa shape index (κ3) is 5.22. The van der Waals surface area contributed by atoms with Gasteiger partial charge in [-0.3, -0.25) is 0 Å². The monoisotopic (exact) mass is 220 g/mol. The van der Waals surface area contributed by atoms with Crippen LogP contribution in [0.4, 0.5) is 0 Å². The first-order chi connectivity index (χ1) is 2.91. The summed E-state index contributed by atoms with van der Waals surface area (Å²) in [5.41, 5.74) is 0. The first-order valence-electron chi connectivity index (χ1n) is 2.28. The molecule has 0 fully saturated rings. The van der Waals surface area contributed by atoms with Gasteiger partial charge in [-0.25, -0.2) is 0 Å². The van der Waals surface area contributed by atoms with Gasteiger partial charge in [-0.15, -0.1) is 0 Å². The Balaban J connectivity index is 2.34. The summed E-state index contributed by atoms with van der Waals surface area (Å²) >= 11 is 1.96. The zero-order chi connectivity index (χ0) is 4.83. The van der Waals surface area contributed by atoms with Gasteiger partial charge in [0.15, 0.2) is 0 Å². The molecular weight excluding hydrogens is 207 g/mol. The number of rotatable bonds is 3. The Morgan fingerprint density at radius 3 is 2.50 bits per heavy atom. The van der Waals surface area contributed by atoms with Gasteiger partial charge < -0.3 is 0 Å². The molecule has 0 aliphatic heterocycles. The maximum absolute atomic E-state index is 2.24. The van der Waals surface area contributed by atoms with Gasteiger partial charge in [0.1, 0.15) is 0 Å². The Hall–Kier alpha value is 1.22. The molecule has 1 atom stereocenters. The molecule has 0 bridgehead atoms. The zero-order valence-electron chi connectivity index (χ0n) is 4.07. The van der Waals surface area contributed by atoms with Crippen LogP contribution in [-0.4, -0.2) is 27.9 Å². The summed E-state index contributed by atoms with van der Waals surface area (Å²) in [6.45, 7) is 2.24. The molecule has 0 aromatic heterocycles. The van der Waals surface area contributed by atoms with Crippen LogP contribution < -0.4 is 0 Å². The molecule has 38 valence electrons. The summed E-state index contributed by atoms with van der Waals surface area (Å²) in [6.07, 6.45) is 5.49. The molecule has 0 saturated heterocycles. The van der Waals surface area contributed by atoms with E-state index in [0.717, 1.165) is 0 Å². The van der Waals surface area contributed by atoms with Crippen LogP contribution in [0.2, 0.25) is 0 Å². The Morgan fingerprint density at radius 1 is 1.67 bits per heavy atom. The van der Waals surface area contributed by atoms with E-state index in [1.54, 1.807) is 0 Å². The van der Waals surface area contributed by atoms with Crippen molar-refractivity contribution < 1.29 is 0 Å². The third-order valence-corrected chi connectivity index (χ3v) is 3.13. The van der Waals surface area contributed by atoms with Crippen LogP contribution in [0, 0.1) is 0 Å². The molecule has 0 aliphatic carbocycles. The fraction of sp³-hybridized carbons (Fsp3) is 1.00. The molecule has 1 unspecified atom stereocenters. The molecule has 0 nitrogen and oxygen atoms in total. The second-order valence-corrected chi connectivity index (χ2v) is 4.79. The molecule has 2 heteroatoms. The van der Waals surface area contributed by atoms with E-state index in [9.17, 15) is 0 Å². The van der Waals surface area contributed by atoms with Gasteiger partial charge in [-0.1, -0.05) is 0 Å². The molecule has 0 spiro atoms. The van der Waals surface area contributed by atoms with E-state index in [1.165, 1.54) is 25.3 Å². The Morgan fingerprint density at radius 2 is 2.33 bits per heavy atom. The standard InChI is InChI=1S/C4H11PTe/c1-2-3-4-5-6/h5-6H,2-4H2,1H3. The fourth-order valence-corrected chi connectivity index (χ4v) is 2.12. The number of unbranched alkanes of at least 4 members (excludes halogenated alkanes) is 1. The van der Waals surface area contributed by atoms with Crippen LogP contribution in [0.15, 0.2) is 0 Å². The van der Waals surface area contributed by atoms with Crippen molar-refractivity contribution in [1.29, 1.82) is 0 Å². The number of hydrogen-bond donors (Lipinski definition) is 0. The molecule has 0 N–H and O–H groups in total. The Kier molecular flexibility index (Phi) is 7.48.